The molecule has 1 heterocycles. The first kappa shape index (κ1) is 19.3. The minimum absolute atomic E-state index is 0. The summed E-state index contributed by atoms with van der Waals surface area (Å²) in [4.78, 5) is 23.7. The molecule has 2 N–H and O–H groups in total. The van der Waals surface area contributed by atoms with Gasteiger partial charge in [0.05, 0.1) is 14.2 Å². The van der Waals surface area contributed by atoms with Gasteiger partial charge in [-0.3, -0.25) is 9.63 Å². The second-order valence-corrected chi connectivity index (χ2v) is 3.81. The fourth-order valence-corrected chi connectivity index (χ4v) is 1.47. The highest BCUT2D eigenvalue weighted by molar-refractivity contribution is 5.97. The van der Waals surface area contributed by atoms with Crippen LogP contribution in [-0.2, 0) is 9.68 Å². The van der Waals surface area contributed by atoms with Gasteiger partial charge in [-0.1, -0.05) is 0 Å². The van der Waals surface area contributed by atoms with Crippen LogP contribution >= 0.6 is 12.4 Å². The third kappa shape index (κ3) is 5.31. The number of fused-ring (bicyclic) bond motifs is 1. The van der Waals surface area contributed by atoms with Gasteiger partial charge in [0.1, 0.15) is 11.5 Å². The number of halogens is 2. The third-order valence-corrected chi connectivity index (χ3v) is 2.58. The molecule has 0 aliphatic carbocycles. The second kappa shape index (κ2) is 9.30. The topological polar surface area (TPSA) is 66.6 Å². The van der Waals surface area contributed by atoms with Crippen LogP contribution in [0.15, 0.2) is 24.3 Å². The monoisotopic (exact) mass is 319 g/mol. The van der Waals surface area contributed by atoms with E-state index >= 15 is 0 Å². The first-order valence-electron chi connectivity index (χ1n) is 5.83. The Labute approximate surface area is 128 Å². The van der Waals surface area contributed by atoms with Crippen molar-refractivity contribution in [2.75, 3.05) is 28.3 Å². The quantitative estimate of drug-likeness (QED) is 0.851. The minimum atomic E-state index is -0.328. The van der Waals surface area contributed by atoms with Crippen LogP contribution in [-0.4, -0.2) is 44.3 Å². The van der Waals surface area contributed by atoms with Gasteiger partial charge >= 0.3 is 0 Å². The average Bonchev–Trinajstić information content (AvgIpc) is 2.88. The minimum Gasteiger partial charge on any atom is -0.350 e. The Kier molecular flexibility index (Phi) is 8.56. The molecule has 1 aromatic carbocycles. The average molecular weight is 320 g/mol. The summed E-state index contributed by atoms with van der Waals surface area (Å²) in [6.45, 7) is 0. The lowest BCUT2D eigenvalue weighted by Gasteiger charge is -2.11. The van der Waals surface area contributed by atoms with Gasteiger partial charge in [-0.25, -0.2) is 14.9 Å². The van der Waals surface area contributed by atoms with E-state index in [2.05, 4.69) is 15.3 Å². The predicted molar refractivity (Wildman–Crippen MR) is 80.7 cm³/mol. The van der Waals surface area contributed by atoms with Crippen molar-refractivity contribution in [1.29, 1.82) is 0 Å². The van der Waals surface area contributed by atoms with Crippen molar-refractivity contribution in [3.05, 3.63) is 35.8 Å². The van der Waals surface area contributed by atoms with E-state index in [-0.39, 0.29) is 24.1 Å². The van der Waals surface area contributed by atoms with Crippen molar-refractivity contribution in [2.45, 2.75) is 0 Å². The zero-order valence-corrected chi connectivity index (χ0v) is 13.1. The van der Waals surface area contributed by atoms with Crippen LogP contribution in [0.1, 0.15) is 10.5 Å². The van der Waals surface area contributed by atoms with Crippen LogP contribution in [0.4, 0.5) is 4.39 Å². The molecule has 0 atom stereocenters. The van der Waals surface area contributed by atoms with E-state index in [9.17, 15) is 9.18 Å². The number of hydrogen-bond donors (Lipinski definition) is 2. The smallest absolute Gasteiger partial charge is 0.293 e. The highest BCUT2D eigenvalue weighted by Gasteiger charge is 2.14. The number of aromatic nitrogens is 1. The Morgan fingerprint density at radius 2 is 1.95 bits per heavy atom. The zero-order chi connectivity index (χ0) is 15.1. The normalized spacial score (nSPS) is 9.57. The first-order valence-corrected chi connectivity index (χ1v) is 5.83. The molecular formula is C13H19ClFN3O3. The molecule has 118 valence electrons. The predicted octanol–water partition coefficient (Wildman–Crippen LogP) is 2.13. The summed E-state index contributed by atoms with van der Waals surface area (Å²) in [5, 5.41) is 1.76. The molecule has 0 unspecified atom stereocenters. The lowest BCUT2D eigenvalue weighted by Crippen LogP contribution is -2.25. The summed E-state index contributed by atoms with van der Waals surface area (Å²) < 4.78 is 12.9. The molecule has 2 aromatic rings. The van der Waals surface area contributed by atoms with Crippen molar-refractivity contribution in [3.8, 4) is 0 Å². The van der Waals surface area contributed by atoms with E-state index in [0.717, 1.165) is 5.06 Å². The van der Waals surface area contributed by atoms with E-state index in [1.54, 1.807) is 26.3 Å². The zero-order valence-electron chi connectivity index (χ0n) is 12.3. The van der Waals surface area contributed by atoms with E-state index in [1.807, 2.05) is 0 Å². The van der Waals surface area contributed by atoms with Crippen molar-refractivity contribution in [3.63, 3.8) is 0 Å². The molecule has 0 radical (unpaired) electrons. The second-order valence-electron chi connectivity index (χ2n) is 3.81. The number of carbonyl (C=O) groups is 1. The molecule has 0 aliphatic heterocycles. The maximum absolute atomic E-state index is 12.9. The van der Waals surface area contributed by atoms with Crippen molar-refractivity contribution >= 4 is 29.2 Å². The summed E-state index contributed by atoms with van der Waals surface area (Å²) in [7, 11) is 6.19. The van der Waals surface area contributed by atoms with Gasteiger partial charge in [0.2, 0.25) is 0 Å². The fourth-order valence-electron chi connectivity index (χ4n) is 1.47. The summed E-state index contributed by atoms with van der Waals surface area (Å²) in [5.74, 6) is -0.635. The molecule has 0 saturated heterocycles. The lowest BCUT2D eigenvalue weighted by molar-refractivity contribution is -0.0759. The summed E-state index contributed by atoms with van der Waals surface area (Å²) >= 11 is 0. The third-order valence-electron chi connectivity index (χ3n) is 2.58. The first-order chi connectivity index (χ1) is 9.53. The van der Waals surface area contributed by atoms with Gasteiger partial charge < -0.3 is 9.82 Å². The molecule has 21 heavy (non-hydrogen) atoms. The van der Waals surface area contributed by atoms with Gasteiger partial charge in [0.15, 0.2) is 0 Å². The summed E-state index contributed by atoms with van der Waals surface area (Å²) in [6, 6.07) is 5.90. The Morgan fingerprint density at radius 3 is 2.48 bits per heavy atom. The van der Waals surface area contributed by atoms with E-state index < -0.39 is 0 Å². The van der Waals surface area contributed by atoms with E-state index in [0.29, 0.717) is 16.6 Å². The molecule has 1 aromatic heterocycles. The Bertz CT molecular complexity index is 575. The molecule has 1 amide bonds. The van der Waals surface area contributed by atoms with Crippen LogP contribution in [0.3, 0.4) is 0 Å². The number of nitrogens with one attached hydrogen (secondary N) is 2. The number of nitrogens with zero attached hydrogens (tertiary/aromatic N) is 1. The molecule has 2 rings (SSSR count). The van der Waals surface area contributed by atoms with Crippen molar-refractivity contribution < 1.29 is 18.9 Å². The Balaban J connectivity index is 0.000000715. The van der Waals surface area contributed by atoms with E-state index in [4.69, 9.17) is 4.84 Å². The summed E-state index contributed by atoms with van der Waals surface area (Å²) in [6.07, 6.45) is 0. The molecule has 6 nitrogen and oxygen atoms in total. The highest BCUT2D eigenvalue weighted by atomic mass is 35.5. The lowest BCUT2D eigenvalue weighted by atomic mass is 10.2. The molecule has 8 heteroatoms. The van der Waals surface area contributed by atoms with Crippen molar-refractivity contribution in [2.24, 2.45) is 0 Å². The number of rotatable bonds is 3. The molecule has 0 saturated carbocycles. The summed E-state index contributed by atoms with van der Waals surface area (Å²) in [5.41, 5.74) is 3.51. The number of aromatic amines is 1. The molecule has 0 fully saturated rings. The number of amides is 1. The molecule has 0 aliphatic rings. The number of H-pyrrole nitrogens is 1. The van der Waals surface area contributed by atoms with Crippen LogP contribution < -0.4 is 5.48 Å². The number of hydroxylamine groups is 3. The van der Waals surface area contributed by atoms with Crippen LogP contribution in [0.25, 0.3) is 10.9 Å². The van der Waals surface area contributed by atoms with Gasteiger partial charge in [0, 0.05) is 25.0 Å². The van der Waals surface area contributed by atoms with Crippen molar-refractivity contribution in [1.82, 2.24) is 15.5 Å². The SMILES string of the molecule is CNOC.CON(C)C(=O)c1cc2cc(F)ccc2[nH]1.Cl. The maximum Gasteiger partial charge on any atom is 0.293 e. The Morgan fingerprint density at radius 1 is 1.33 bits per heavy atom. The maximum atomic E-state index is 12.9. The molecular weight excluding hydrogens is 301 g/mol. The molecule has 0 spiro atoms. The van der Waals surface area contributed by atoms with Gasteiger partial charge in [0.25, 0.3) is 5.91 Å². The fraction of sp³-hybridized carbons (Fsp3) is 0.308. The standard InChI is InChI=1S/C11H11FN2O2.C2H7NO.ClH/c1-14(16-2)11(15)10-6-7-5-8(12)3-4-9(7)13-10;1-3-4-2;/h3-6,13H,1-2H3;3H,1-2H3;1H. The highest BCUT2D eigenvalue weighted by Crippen LogP contribution is 2.17. The Hall–Kier alpha value is -1.67. The van der Waals surface area contributed by atoms with Crippen LogP contribution in [0, 0.1) is 5.82 Å². The van der Waals surface area contributed by atoms with Crippen LogP contribution in [0.5, 0.6) is 0 Å². The number of benzene rings is 1. The largest absolute Gasteiger partial charge is 0.350 e. The van der Waals surface area contributed by atoms with E-state index in [1.165, 1.54) is 26.3 Å². The van der Waals surface area contributed by atoms with Gasteiger partial charge in [-0.15, -0.1) is 12.4 Å². The van der Waals surface area contributed by atoms with Crippen LogP contribution in [0.2, 0.25) is 0 Å². The molecule has 0 bridgehead atoms. The van der Waals surface area contributed by atoms with Gasteiger partial charge in [-0.2, -0.15) is 0 Å². The number of hydrogen-bond acceptors (Lipinski definition) is 4. The number of carbonyl (C=O) groups excluding carboxylic acids is 1. The van der Waals surface area contributed by atoms with Gasteiger partial charge in [-0.05, 0) is 24.3 Å².